The van der Waals surface area contributed by atoms with Crippen LogP contribution in [0, 0.1) is 5.92 Å². The first-order valence-corrected chi connectivity index (χ1v) is 5.06. The Morgan fingerprint density at radius 2 is 2.25 bits per heavy atom. The van der Waals surface area contributed by atoms with Crippen molar-refractivity contribution in [3.63, 3.8) is 0 Å². The van der Waals surface area contributed by atoms with E-state index in [0.717, 1.165) is 19.4 Å². The van der Waals surface area contributed by atoms with E-state index in [2.05, 4.69) is 0 Å². The van der Waals surface area contributed by atoms with Crippen molar-refractivity contribution in [2.24, 2.45) is 11.7 Å². The molecule has 2 rings (SSSR count). The molecule has 0 aromatic rings. The highest BCUT2D eigenvalue weighted by molar-refractivity contribution is 7.80. The van der Waals surface area contributed by atoms with Crippen LogP contribution >= 0.6 is 12.2 Å². The average molecular weight is 185 g/mol. The molecule has 68 valence electrons. The Hall–Kier alpha value is -0.150. The number of ether oxygens (including phenoxy) is 1. The van der Waals surface area contributed by atoms with Crippen LogP contribution in [-0.4, -0.2) is 17.2 Å². The van der Waals surface area contributed by atoms with E-state index in [-0.39, 0.29) is 5.60 Å². The number of thiocarbonyl (C=S) groups is 1. The molecule has 3 heteroatoms. The summed E-state index contributed by atoms with van der Waals surface area (Å²) in [5.41, 5.74) is 5.83. The van der Waals surface area contributed by atoms with E-state index in [1.165, 1.54) is 19.3 Å². The second kappa shape index (κ2) is 2.96. The first-order valence-electron chi connectivity index (χ1n) is 4.65. The molecule has 0 radical (unpaired) electrons. The minimum atomic E-state index is 0.187. The largest absolute Gasteiger partial charge is 0.393 e. The van der Waals surface area contributed by atoms with Crippen LogP contribution in [0.5, 0.6) is 0 Å². The Labute approximate surface area is 78.5 Å². The minimum Gasteiger partial charge on any atom is -0.393 e. The Bertz CT molecular complexity index is 201. The average Bonchev–Trinajstić information content (AvgIpc) is 2.02. The lowest BCUT2D eigenvalue weighted by Gasteiger charge is -2.47. The maximum atomic E-state index is 5.77. The molecule has 2 nitrogen and oxygen atoms in total. The first kappa shape index (κ1) is 8.45. The molecule has 1 saturated heterocycles. The molecule has 1 aliphatic heterocycles. The molecule has 1 saturated carbocycles. The van der Waals surface area contributed by atoms with E-state index in [0.29, 0.717) is 10.9 Å². The van der Waals surface area contributed by atoms with Gasteiger partial charge in [-0.05, 0) is 32.1 Å². The normalized spacial score (nSPS) is 32.8. The molecule has 1 spiro atoms. The molecule has 0 bridgehead atoms. The summed E-state index contributed by atoms with van der Waals surface area (Å²) < 4.78 is 5.77. The van der Waals surface area contributed by atoms with Crippen molar-refractivity contribution in [2.45, 2.75) is 37.7 Å². The van der Waals surface area contributed by atoms with Crippen LogP contribution in [0.4, 0.5) is 0 Å². The van der Waals surface area contributed by atoms with Crippen LogP contribution in [0.3, 0.4) is 0 Å². The van der Waals surface area contributed by atoms with Gasteiger partial charge in [0.15, 0.2) is 0 Å². The lowest BCUT2D eigenvalue weighted by atomic mass is 9.72. The van der Waals surface area contributed by atoms with Crippen molar-refractivity contribution in [3.8, 4) is 0 Å². The molecule has 0 aromatic heterocycles. The Balaban J connectivity index is 1.98. The molecular formula is C9H15NOS. The van der Waals surface area contributed by atoms with Crippen LogP contribution in [0.1, 0.15) is 32.1 Å². The topological polar surface area (TPSA) is 35.2 Å². The minimum absolute atomic E-state index is 0.187. The van der Waals surface area contributed by atoms with Crippen molar-refractivity contribution < 1.29 is 4.74 Å². The fourth-order valence-electron chi connectivity index (χ4n) is 2.19. The van der Waals surface area contributed by atoms with Gasteiger partial charge in [0.2, 0.25) is 0 Å². The summed E-state index contributed by atoms with van der Waals surface area (Å²) in [6, 6.07) is 0. The maximum absolute atomic E-state index is 5.77. The van der Waals surface area contributed by atoms with Crippen LogP contribution < -0.4 is 5.73 Å². The van der Waals surface area contributed by atoms with Gasteiger partial charge in [-0.3, -0.25) is 0 Å². The van der Waals surface area contributed by atoms with Crippen LogP contribution in [0.25, 0.3) is 0 Å². The number of hydrogen-bond acceptors (Lipinski definition) is 2. The van der Waals surface area contributed by atoms with E-state index in [1.807, 2.05) is 0 Å². The van der Waals surface area contributed by atoms with Crippen LogP contribution in [0.2, 0.25) is 0 Å². The van der Waals surface area contributed by atoms with E-state index in [4.69, 9.17) is 22.7 Å². The van der Waals surface area contributed by atoms with E-state index < -0.39 is 0 Å². The monoisotopic (exact) mass is 185 g/mol. The molecule has 2 N–H and O–H groups in total. The highest BCUT2D eigenvalue weighted by atomic mass is 32.1. The standard InChI is InChI=1S/C9H15NOS/c10-8(12)7-2-5-11-9(6-7)3-1-4-9/h7H,1-6H2,(H2,10,12). The third-order valence-electron chi connectivity index (χ3n) is 3.16. The summed E-state index contributed by atoms with van der Waals surface area (Å²) in [7, 11) is 0. The molecule has 2 aliphatic rings. The molecule has 0 amide bonds. The van der Waals surface area contributed by atoms with Gasteiger partial charge in [-0.1, -0.05) is 12.2 Å². The smallest absolute Gasteiger partial charge is 0.0760 e. The molecule has 2 fully saturated rings. The Morgan fingerprint density at radius 1 is 1.50 bits per heavy atom. The molecule has 1 heterocycles. The Kier molecular flexibility index (Phi) is 2.09. The van der Waals surface area contributed by atoms with Crippen LogP contribution in [0.15, 0.2) is 0 Å². The number of nitrogens with two attached hydrogens (primary N) is 1. The molecule has 1 unspecified atom stereocenters. The fourth-order valence-corrected chi connectivity index (χ4v) is 2.39. The van der Waals surface area contributed by atoms with Crippen molar-refractivity contribution in [1.82, 2.24) is 0 Å². The summed E-state index contributed by atoms with van der Waals surface area (Å²) in [4.78, 5) is 0.685. The lowest BCUT2D eigenvalue weighted by Crippen LogP contribution is -2.47. The van der Waals surface area contributed by atoms with Gasteiger partial charge in [0.25, 0.3) is 0 Å². The highest BCUT2D eigenvalue weighted by Gasteiger charge is 2.42. The molecular weight excluding hydrogens is 170 g/mol. The summed E-state index contributed by atoms with van der Waals surface area (Å²) in [5, 5.41) is 0. The van der Waals surface area contributed by atoms with Crippen molar-refractivity contribution in [3.05, 3.63) is 0 Å². The summed E-state index contributed by atoms with van der Waals surface area (Å²) >= 11 is 5.01. The van der Waals surface area contributed by atoms with Gasteiger partial charge in [0, 0.05) is 12.5 Å². The van der Waals surface area contributed by atoms with Gasteiger partial charge < -0.3 is 10.5 Å². The van der Waals surface area contributed by atoms with Gasteiger partial charge in [0.05, 0.1) is 10.6 Å². The lowest BCUT2D eigenvalue weighted by molar-refractivity contribution is -0.135. The van der Waals surface area contributed by atoms with Gasteiger partial charge in [-0.25, -0.2) is 0 Å². The highest BCUT2D eigenvalue weighted by Crippen LogP contribution is 2.44. The quantitative estimate of drug-likeness (QED) is 0.630. The zero-order chi connectivity index (χ0) is 8.60. The molecule has 1 atom stereocenters. The summed E-state index contributed by atoms with van der Waals surface area (Å²) in [6.07, 6.45) is 5.84. The number of rotatable bonds is 1. The van der Waals surface area contributed by atoms with Crippen LogP contribution in [-0.2, 0) is 4.74 Å². The molecule has 1 aliphatic carbocycles. The predicted molar refractivity (Wildman–Crippen MR) is 52.0 cm³/mol. The first-order chi connectivity index (χ1) is 5.72. The van der Waals surface area contributed by atoms with Gasteiger partial charge in [-0.15, -0.1) is 0 Å². The van der Waals surface area contributed by atoms with E-state index >= 15 is 0 Å². The maximum Gasteiger partial charge on any atom is 0.0760 e. The fraction of sp³-hybridized carbons (Fsp3) is 0.889. The van der Waals surface area contributed by atoms with Crippen molar-refractivity contribution in [2.75, 3.05) is 6.61 Å². The van der Waals surface area contributed by atoms with Gasteiger partial charge in [-0.2, -0.15) is 0 Å². The predicted octanol–water partition coefficient (Wildman–Crippen LogP) is 1.62. The van der Waals surface area contributed by atoms with Crippen molar-refractivity contribution >= 4 is 17.2 Å². The Morgan fingerprint density at radius 3 is 2.75 bits per heavy atom. The second-order valence-corrected chi connectivity index (χ2v) is 4.45. The summed E-state index contributed by atoms with van der Waals surface area (Å²) in [5.74, 6) is 0.439. The second-order valence-electron chi connectivity index (χ2n) is 3.98. The summed E-state index contributed by atoms with van der Waals surface area (Å²) in [6.45, 7) is 0.849. The van der Waals surface area contributed by atoms with E-state index in [1.54, 1.807) is 0 Å². The molecule has 0 aromatic carbocycles. The van der Waals surface area contributed by atoms with Gasteiger partial charge in [0.1, 0.15) is 0 Å². The zero-order valence-corrected chi connectivity index (χ0v) is 8.03. The van der Waals surface area contributed by atoms with Crippen molar-refractivity contribution in [1.29, 1.82) is 0 Å². The molecule has 12 heavy (non-hydrogen) atoms. The SMILES string of the molecule is NC(=S)C1CCOC2(CCC2)C1. The van der Waals surface area contributed by atoms with Gasteiger partial charge >= 0.3 is 0 Å². The zero-order valence-electron chi connectivity index (χ0n) is 7.21. The third kappa shape index (κ3) is 1.36. The number of hydrogen-bond donors (Lipinski definition) is 1. The van der Waals surface area contributed by atoms with E-state index in [9.17, 15) is 0 Å². The third-order valence-corrected chi connectivity index (χ3v) is 3.49.